The molecule has 9 heteroatoms. The van der Waals surface area contributed by atoms with E-state index >= 15 is 0 Å². The zero-order chi connectivity index (χ0) is 40.9. The van der Waals surface area contributed by atoms with Gasteiger partial charge in [0.1, 0.15) is 36.3 Å². The van der Waals surface area contributed by atoms with E-state index in [1.165, 1.54) is 15.0 Å². The van der Waals surface area contributed by atoms with Crippen LogP contribution in [-0.2, 0) is 61.3 Å². The molecule has 1 aliphatic heterocycles. The fraction of sp³-hybridized carbons (Fsp3) is 0.255. The molecule has 0 unspecified atom stereocenters. The van der Waals surface area contributed by atoms with Crippen molar-refractivity contribution in [1.29, 1.82) is 0 Å². The summed E-state index contributed by atoms with van der Waals surface area (Å²) < 4.78 is 47.7. The Kier molecular flexibility index (Phi) is 14.7. The predicted octanol–water partition coefficient (Wildman–Crippen LogP) is 11.5. The van der Waals surface area contributed by atoms with E-state index in [0.29, 0.717) is 43.6 Å². The van der Waals surface area contributed by atoms with Crippen molar-refractivity contribution in [3.63, 3.8) is 0 Å². The highest BCUT2D eigenvalue weighted by Gasteiger charge is 2.50. The average Bonchev–Trinajstić information content (AvgIpc) is 3.71. The van der Waals surface area contributed by atoms with E-state index in [1.54, 1.807) is 18.4 Å². The predicted molar refractivity (Wildman–Crippen MR) is 237 cm³/mol. The highest BCUT2D eigenvalue weighted by molar-refractivity contribution is 7.19. The number of hydrogen-bond acceptors (Lipinski definition) is 8. The number of thiophene rings is 1. The number of benzene rings is 6. The molecule has 308 valence electrons. The van der Waals surface area contributed by atoms with Crippen molar-refractivity contribution in [1.82, 2.24) is 0 Å². The van der Waals surface area contributed by atoms with Gasteiger partial charge in [-0.15, -0.1) is 11.3 Å². The SMILES string of the molecule is COCOc1cc(Cl)c(Cc2cc3ccccc3s2)cc1[C@@H]1O[C@H](COCc2ccccc2)[C@@H](OCc2ccccc2)[C@H](OCc2ccccc2)[C@H]1OCc1ccccc1. The minimum absolute atomic E-state index is 0.0155. The molecule has 0 bridgehead atoms. The molecule has 7 nitrogen and oxygen atoms in total. The molecule has 1 fully saturated rings. The van der Waals surface area contributed by atoms with E-state index in [0.717, 1.165) is 33.4 Å². The molecule has 7 aromatic rings. The zero-order valence-corrected chi connectivity index (χ0v) is 35.1. The van der Waals surface area contributed by atoms with Crippen LogP contribution in [0.1, 0.15) is 44.4 Å². The highest BCUT2D eigenvalue weighted by Crippen LogP contribution is 2.44. The molecule has 8 rings (SSSR count). The van der Waals surface area contributed by atoms with E-state index in [4.69, 9.17) is 44.8 Å². The van der Waals surface area contributed by atoms with Crippen LogP contribution in [0.4, 0.5) is 0 Å². The van der Waals surface area contributed by atoms with Crippen molar-refractivity contribution in [2.24, 2.45) is 0 Å². The Morgan fingerprint density at radius 1 is 0.583 bits per heavy atom. The van der Waals surface area contributed by atoms with E-state index in [2.05, 4.69) is 84.9 Å². The number of halogens is 1. The van der Waals surface area contributed by atoms with Crippen molar-refractivity contribution >= 4 is 33.0 Å². The molecule has 6 aromatic carbocycles. The van der Waals surface area contributed by atoms with Gasteiger partial charge in [-0.05, 0) is 57.5 Å². The van der Waals surface area contributed by atoms with Crippen LogP contribution in [0.2, 0.25) is 5.02 Å². The average molecular weight is 841 g/mol. The first-order valence-corrected chi connectivity index (χ1v) is 21.5. The van der Waals surface area contributed by atoms with E-state index in [1.807, 2.05) is 78.9 Å². The van der Waals surface area contributed by atoms with Gasteiger partial charge in [-0.3, -0.25) is 0 Å². The van der Waals surface area contributed by atoms with E-state index in [-0.39, 0.29) is 13.4 Å². The molecule has 0 saturated carbocycles. The lowest BCUT2D eigenvalue weighted by atomic mass is 9.89. The maximum Gasteiger partial charge on any atom is 0.188 e. The topological polar surface area (TPSA) is 64.6 Å². The van der Waals surface area contributed by atoms with Crippen molar-refractivity contribution in [3.8, 4) is 5.75 Å². The Hall–Kier alpha value is -4.87. The molecule has 0 spiro atoms. The molecule has 2 heterocycles. The summed E-state index contributed by atoms with van der Waals surface area (Å²) in [6, 6.07) is 55.2. The van der Waals surface area contributed by atoms with Gasteiger partial charge in [0.15, 0.2) is 6.79 Å². The fourth-order valence-electron chi connectivity index (χ4n) is 7.58. The molecule has 60 heavy (non-hydrogen) atoms. The van der Waals surface area contributed by atoms with Crippen molar-refractivity contribution < 1.29 is 33.2 Å². The molecule has 0 N–H and O–H groups in total. The normalized spacial score (nSPS) is 19.1. The Bertz CT molecular complexity index is 2330. The third-order valence-electron chi connectivity index (χ3n) is 10.5. The summed E-state index contributed by atoms with van der Waals surface area (Å²) in [7, 11) is 1.60. The number of rotatable bonds is 19. The van der Waals surface area contributed by atoms with Crippen LogP contribution < -0.4 is 4.74 Å². The van der Waals surface area contributed by atoms with Gasteiger partial charge in [-0.2, -0.15) is 0 Å². The van der Waals surface area contributed by atoms with Gasteiger partial charge in [0.05, 0.1) is 33.0 Å². The smallest absolute Gasteiger partial charge is 0.188 e. The lowest BCUT2D eigenvalue weighted by molar-refractivity contribution is -0.275. The maximum absolute atomic E-state index is 7.29. The molecule has 1 aliphatic rings. The first kappa shape index (κ1) is 41.8. The third-order valence-corrected chi connectivity index (χ3v) is 12.0. The van der Waals surface area contributed by atoms with Gasteiger partial charge in [0.2, 0.25) is 0 Å². The molecule has 1 saturated heterocycles. The minimum atomic E-state index is -0.693. The van der Waals surface area contributed by atoms with Gasteiger partial charge >= 0.3 is 0 Å². The largest absolute Gasteiger partial charge is 0.467 e. The molecule has 1 aromatic heterocycles. The molecular formula is C51H49ClO7S. The summed E-state index contributed by atoms with van der Waals surface area (Å²) in [5, 5.41) is 1.79. The summed E-state index contributed by atoms with van der Waals surface area (Å²) in [6.45, 7) is 1.64. The van der Waals surface area contributed by atoms with Gasteiger partial charge < -0.3 is 33.2 Å². The molecular weight excluding hydrogens is 792 g/mol. The second kappa shape index (κ2) is 21.1. The summed E-state index contributed by atoms with van der Waals surface area (Å²) in [5.74, 6) is 0.537. The fourth-order valence-corrected chi connectivity index (χ4v) is 8.88. The second-order valence-corrected chi connectivity index (χ2v) is 16.4. The van der Waals surface area contributed by atoms with Crippen LogP contribution in [0.25, 0.3) is 10.1 Å². The number of ether oxygens (including phenoxy) is 7. The molecule has 0 aliphatic carbocycles. The molecule has 0 amide bonds. The van der Waals surface area contributed by atoms with Crippen LogP contribution >= 0.6 is 22.9 Å². The van der Waals surface area contributed by atoms with Crippen molar-refractivity contribution in [3.05, 3.63) is 207 Å². The molecule has 0 radical (unpaired) electrons. The Labute approximate surface area is 361 Å². The summed E-state index contributed by atoms with van der Waals surface area (Å²) in [5.41, 5.74) is 5.85. The van der Waals surface area contributed by atoms with Gasteiger partial charge in [-0.1, -0.05) is 151 Å². The Morgan fingerprint density at radius 3 is 1.70 bits per heavy atom. The first-order valence-electron chi connectivity index (χ1n) is 20.3. The molecule has 5 atom stereocenters. The summed E-state index contributed by atoms with van der Waals surface area (Å²) in [4.78, 5) is 1.20. The standard InChI is InChI=1S/C51H49ClO7S/c1-53-35-58-45-29-44(52)41(27-42-26-40-24-14-15-25-47(40)60-42)28-43(45)48-50(56-32-38-20-10-4-11-21-38)51(57-33-39-22-12-5-13-23-39)49(55-31-37-18-8-3-9-19-37)46(59-48)34-54-30-36-16-6-2-7-17-36/h2-26,28-29,46,48-51H,27,30-35H2,1H3/t46-,48+,49-,50+,51+/m1/s1. The Balaban J connectivity index is 1.21. The van der Waals surface area contributed by atoms with Crippen molar-refractivity contribution in [2.45, 2.75) is 63.4 Å². The first-order chi connectivity index (χ1) is 29.6. The van der Waals surface area contributed by atoms with Crippen molar-refractivity contribution in [2.75, 3.05) is 20.5 Å². The van der Waals surface area contributed by atoms with Gasteiger partial charge in [0, 0.05) is 33.7 Å². The minimum Gasteiger partial charge on any atom is -0.467 e. The van der Waals surface area contributed by atoms with Crippen LogP contribution in [0, 0.1) is 0 Å². The maximum atomic E-state index is 7.29. The lowest BCUT2D eigenvalue weighted by Gasteiger charge is -2.46. The third kappa shape index (κ3) is 10.9. The van der Waals surface area contributed by atoms with E-state index < -0.39 is 30.5 Å². The number of methoxy groups -OCH3 is 1. The van der Waals surface area contributed by atoms with Crippen LogP contribution in [0.15, 0.2) is 164 Å². The Morgan fingerprint density at radius 2 is 1.12 bits per heavy atom. The summed E-state index contributed by atoms with van der Waals surface area (Å²) in [6.07, 6.45) is -2.51. The van der Waals surface area contributed by atoms with Gasteiger partial charge in [0.25, 0.3) is 0 Å². The lowest BCUT2D eigenvalue weighted by Crippen LogP contribution is -2.58. The zero-order valence-electron chi connectivity index (χ0n) is 33.6. The van der Waals surface area contributed by atoms with Gasteiger partial charge in [-0.25, -0.2) is 0 Å². The van der Waals surface area contributed by atoms with Crippen LogP contribution in [0.3, 0.4) is 0 Å². The highest BCUT2D eigenvalue weighted by atomic mass is 35.5. The van der Waals surface area contributed by atoms with Crippen LogP contribution in [-0.4, -0.2) is 44.9 Å². The van der Waals surface area contributed by atoms with Crippen LogP contribution in [0.5, 0.6) is 5.75 Å². The second-order valence-electron chi connectivity index (χ2n) is 14.8. The monoisotopic (exact) mass is 840 g/mol. The summed E-state index contributed by atoms with van der Waals surface area (Å²) >= 11 is 8.88. The van der Waals surface area contributed by atoms with E-state index in [9.17, 15) is 0 Å². The number of fused-ring (bicyclic) bond motifs is 1. The quantitative estimate of drug-likeness (QED) is 0.0752. The number of hydrogen-bond donors (Lipinski definition) is 0.